The third-order valence-corrected chi connectivity index (χ3v) is 2.53. The lowest BCUT2D eigenvalue weighted by atomic mass is 9.87. The average molecular weight is 219 g/mol. The number of hydrogen-bond acceptors (Lipinski definition) is 5. The van der Waals surface area contributed by atoms with Crippen LogP contribution >= 0.6 is 0 Å². The Labute approximate surface area is 93.2 Å². The van der Waals surface area contributed by atoms with Crippen molar-refractivity contribution >= 4 is 12.6 Å². The Kier molecular flexibility index (Phi) is 2.38. The van der Waals surface area contributed by atoms with Gasteiger partial charge in [-0.15, -0.1) is 0 Å². The third-order valence-electron chi connectivity index (χ3n) is 2.53. The van der Waals surface area contributed by atoms with Crippen LogP contribution in [0.5, 0.6) is 0 Å². The van der Waals surface area contributed by atoms with Crippen LogP contribution in [0.15, 0.2) is 26.2 Å². The lowest BCUT2D eigenvalue weighted by Gasteiger charge is -2.17. The van der Waals surface area contributed by atoms with Crippen molar-refractivity contribution in [1.29, 1.82) is 0 Å². The van der Waals surface area contributed by atoms with Crippen molar-refractivity contribution < 1.29 is 8.94 Å². The standard InChI is InChI=1S/C11H13N3O2/c1-7-13-6-9(15-7)11(2,3)8-5-10(12-4)16-14-8/h5-6H,4H2,1-3H3. The van der Waals surface area contributed by atoms with E-state index in [0.717, 1.165) is 11.5 Å². The van der Waals surface area contributed by atoms with E-state index in [-0.39, 0.29) is 0 Å². The molecule has 0 amide bonds. The Morgan fingerprint density at radius 2 is 2.19 bits per heavy atom. The second kappa shape index (κ2) is 3.59. The molecule has 0 N–H and O–H groups in total. The molecule has 0 spiro atoms. The Hall–Kier alpha value is -1.91. The van der Waals surface area contributed by atoms with Gasteiger partial charge in [0.05, 0.1) is 17.3 Å². The average Bonchev–Trinajstić information content (AvgIpc) is 2.85. The molecule has 0 saturated carbocycles. The molecule has 5 heteroatoms. The summed E-state index contributed by atoms with van der Waals surface area (Å²) >= 11 is 0. The van der Waals surface area contributed by atoms with Crippen LogP contribution in [0.2, 0.25) is 0 Å². The molecule has 0 aliphatic rings. The summed E-state index contributed by atoms with van der Waals surface area (Å²) in [6.07, 6.45) is 1.70. The van der Waals surface area contributed by atoms with Crippen LogP contribution in [0, 0.1) is 6.92 Å². The highest BCUT2D eigenvalue weighted by Gasteiger charge is 2.30. The minimum atomic E-state index is -0.395. The van der Waals surface area contributed by atoms with Crippen molar-refractivity contribution in [3.63, 3.8) is 0 Å². The number of oxazole rings is 1. The van der Waals surface area contributed by atoms with E-state index in [1.807, 2.05) is 13.8 Å². The number of rotatable bonds is 3. The second-order valence-corrected chi connectivity index (χ2v) is 4.08. The zero-order chi connectivity index (χ0) is 11.8. The summed E-state index contributed by atoms with van der Waals surface area (Å²) < 4.78 is 10.5. The van der Waals surface area contributed by atoms with Gasteiger partial charge in [0.1, 0.15) is 5.76 Å². The van der Waals surface area contributed by atoms with Gasteiger partial charge in [0, 0.05) is 13.0 Å². The number of aromatic nitrogens is 2. The first-order valence-electron chi connectivity index (χ1n) is 4.91. The van der Waals surface area contributed by atoms with Crippen LogP contribution in [0.4, 0.5) is 5.88 Å². The molecule has 16 heavy (non-hydrogen) atoms. The maximum absolute atomic E-state index is 5.51. The van der Waals surface area contributed by atoms with Crippen LogP contribution in [-0.2, 0) is 5.41 Å². The highest BCUT2D eigenvalue weighted by Crippen LogP contribution is 2.32. The second-order valence-electron chi connectivity index (χ2n) is 4.08. The molecule has 0 saturated heterocycles. The van der Waals surface area contributed by atoms with Crippen LogP contribution in [0.3, 0.4) is 0 Å². The molecule has 2 heterocycles. The minimum absolute atomic E-state index is 0.395. The molecule has 0 aliphatic heterocycles. The maximum Gasteiger partial charge on any atom is 0.250 e. The van der Waals surface area contributed by atoms with E-state index in [1.54, 1.807) is 19.2 Å². The highest BCUT2D eigenvalue weighted by molar-refractivity contribution is 5.40. The fourth-order valence-electron chi connectivity index (χ4n) is 1.41. The fourth-order valence-corrected chi connectivity index (χ4v) is 1.41. The van der Waals surface area contributed by atoms with Gasteiger partial charge >= 0.3 is 0 Å². The predicted molar refractivity (Wildman–Crippen MR) is 59.1 cm³/mol. The van der Waals surface area contributed by atoms with Gasteiger partial charge in [-0.25, -0.2) is 9.98 Å². The number of nitrogens with zero attached hydrogens (tertiary/aromatic N) is 3. The Morgan fingerprint density at radius 1 is 1.44 bits per heavy atom. The van der Waals surface area contributed by atoms with E-state index < -0.39 is 5.41 Å². The summed E-state index contributed by atoms with van der Waals surface area (Å²) in [5.41, 5.74) is 0.347. The van der Waals surface area contributed by atoms with Crippen molar-refractivity contribution in [2.24, 2.45) is 4.99 Å². The summed E-state index contributed by atoms with van der Waals surface area (Å²) in [7, 11) is 0. The van der Waals surface area contributed by atoms with Crippen LogP contribution in [-0.4, -0.2) is 16.9 Å². The van der Waals surface area contributed by atoms with E-state index in [1.165, 1.54) is 0 Å². The zero-order valence-electron chi connectivity index (χ0n) is 9.52. The molecule has 0 fully saturated rings. The number of aliphatic imine (C=N–C) groups is 1. The Morgan fingerprint density at radius 3 is 2.69 bits per heavy atom. The molecule has 2 aromatic rings. The molecule has 0 aliphatic carbocycles. The largest absolute Gasteiger partial charge is 0.445 e. The van der Waals surface area contributed by atoms with Gasteiger partial charge in [0.2, 0.25) is 5.88 Å². The Bertz CT molecular complexity index is 511. The van der Waals surface area contributed by atoms with Crippen molar-refractivity contribution in [3.8, 4) is 0 Å². The van der Waals surface area contributed by atoms with Gasteiger partial charge in [0.15, 0.2) is 5.89 Å². The zero-order valence-corrected chi connectivity index (χ0v) is 9.52. The molecular formula is C11H13N3O2. The molecular weight excluding hydrogens is 206 g/mol. The molecule has 0 aromatic carbocycles. The summed E-state index contributed by atoms with van der Waals surface area (Å²) in [5.74, 6) is 1.78. The molecule has 0 unspecified atom stereocenters. The van der Waals surface area contributed by atoms with Gasteiger partial charge in [-0.2, -0.15) is 0 Å². The van der Waals surface area contributed by atoms with Gasteiger partial charge < -0.3 is 8.94 Å². The van der Waals surface area contributed by atoms with Crippen molar-refractivity contribution in [2.75, 3.05) is 0 Å². The molecule has 0 bridgehead atoms. The first kappa shape index (κ1) is 10.6. The van der Waals surface area contributed by atoms with E-state index in [4.69, 9.17) is 8.94 Å². The highest BCUT2D eigenvalue weighted by atomic mass is 16.5. The van der Waals surface area contributed by atoms with Gasteiger partial charge in [-0.05, 0) is 20.6 Å². The molecule has 5 nitrogen and oxygen atoms in total. The monoisotopic (exact) mass is 219 g/mol. The van der Waals surface area contributed by atoms with E-state index in [9.17, 15) is 0 Å². The number of hydrogen-bond donors (Lipinski definition) is 0. The topological polar surface area (TPSA) is 64.4 Å². The van der Waals surface area contributed by atoms with Crippen molar-refractivity contribution in [2.45, 2.75) is 26.2 Å². The summed E-state index contributed by atoms with van der Waals surface area (Å²) in [6, 6.07) is 1.74. The van der Waals surface area contributed by atoms with Gasteiger partial charge in [-0.3, -0.25) is 0 Å². The first-order chi connectivity index (χ1) is 7.54. The minimum Gasteiger partial charge on any atom is -0.445 e. The van der Waals surface area contributed by atoms with Crippen LogP contribution < -0.4 is 0 Å². The van der Waals surface area contributed by atoms with Crippen molar-refractivity contribution in [1.82, 2.24) is 10.1 Å². The summed E-state index contributed by atoms with van der Waals surface area (Å²) in [5, 5.41) is 3.95. The van der Waals surface area contributed by atoms with Gasteiger partial charge in [-0.1, -0.05) is 5.16 Å². The molecule has 84 valence electrons. The normalized spacial score (nSPS) is 11.7. The molecule has 2 aromatic heterocycles. The van der Waals surface area contributed by atoms with E-state index in [2.05, 4.69) is 21.9 Å². The fraction of sp³-hybridized carbons (Fsp3) is 0.364. The lowest BCUT2D eigenvalue weighted by molar-refractivity contribution is 0.371. The smallest absolute Gasteiger partial charge is 0.250 e. The number of aryl methyl sites for hydroxylation is 1. The van der Waals surface area contributed by atoms with Crippen LogP contribution in [0.25, 0.3) is 0 Å². The lowest BCUT2D eigenvalue weighted by Crippen LogP contribution is -2.18. The predicted octanol–water partition coefficient (Wildman–Crippen LogP) is 2.63. The van der Waals surface area contributed by atoms with Crippen LogP contribution in [0.1, 0.15) is 31.2 Å². The summed E-state index contributed by atoms with van der Waals surface area (Å²) in [4.78, 5) is 7.75. The molecule has 0 atom stereocenters. The quantitative estimate of drug-likeness (QED) is 0.744. The molecule has 2 rings (SSSR count). The van der Waals surface area contributed by atoms with Crippen molar-refractivity contribution in [3.05, 3.63) is 29.6 Å². The summed E-state index contributed by atoms with van der Waals surface area (Å²) in [6.45, 7) is 9.16. The first-order valence-corrected chi connectivity index (χ1v) is 4.91. The maximum atomic E-state index is 5.51. The van der Waals surface area contributed by atoms with E-state index >= 15 is 0 Å². The SMILES string of the molecule is C=Nc1cc(C(C)(C)c2cnc(C)o2)no1. The third kappa shape index (κ3) is 1.64. The van der Waals surface area contributed by atoms with E-state index in [0.29, 0.717) is 11.8 Å². The molecule has 0 radical (unpaired) electrons. The van der Waals surface area contributed by atoms with Gasteiger partial charge in [0.25, 0.3) is 0 Å². The Balaban J connectivity index is 2.41.